The number of halogens is 3. The summed E-state index contributed by atoms with van der Waals surface area (Å²) >= 11 is 6.15. The van der Waals surface area contributed by atoms with E-state index in [1.165, 1.54) is 12.1 Å². The summed E-state index contributed by atoms with van der Waals surface area (Å²) in [6, 6.07) is 11.3. The standard InChI is InChI=1S/C32H40ClF2N3O2/c1-31(2,3)37-19-25(24-12-11-23(34)18-27(24)35)26(20-37)29(39)36-15-5-6-28(21-7-9-22(33)10-8-21)38(17-16-36)30(40)32(4)13-14-32/h7-12,18,25-26,28H,5-6,13-17,19-20H2,1-4H3. The molecule has 2 heterocycles. The number of carbonyl (C=O) groups excluding carboxylic acids is 2. The van der Waals surface area contributed by atoms with Gasteiger partial charge >= 0.3 is 0 Å². The average Bonchev–Trinajstić information content (AvgIpc) is 3.47. The molecule has 3 fully saturated rings. The monoisotopic (exact) mass is 571 g/mol. The molecule has 1 aliphatic carbocycles. The molecule has 40 heavy (non-hydrogen) atoms. The molecule has 0 aromatic heterocycles. The Morgan fingerprint density at radius 1 is 0.975 bits per heavy atom. The van der Waals surface area contributed by atoms with Gasteiger partial charge in [-0.25, -0.2) is 8.78 Å². The van der Waals surface area contributed by atoms with Gasteiger partial charge in [-0.3, -0.25) is 14.5 Å². The lowest BCUT2D eigenvalue weighted by atomic mass is 9.87. The third kappa shape index (κ3) is 5.91. The number of rotatable bonds is 4. The molecular formula is C32H40ClF2N3O2. The zero-order valence-electron chi connectivity index (χ0n) is 23.9. The van der Waals surface area contributed by atoms with E-state index in [1.54, 1.807) is 0 Å². The molecule has 2 aliphatic heterocycles. The Hall–Kier alpha value is -2.51. The maximum Gasteiger partial charge on any atom is 0.229 e. The van der Waals surface area contributed by atoms with Crippen molar-refractivity contribution in [3.8, 4) is 0 Å². The highest BCUT2D eigenvalue weighted by molar-refractivity contribution is 6.30. The van der Waals surface area contributed by atoms with Gasteiger partial charge in [-0.2, -0.15) is 0 Å². The lowest BCUT2D eigenvalue weighted by Gasteiger charge is -2.39. The molecule has 0 bridgehead atoms. The van der Waals surface area contributed by atoms with E-state index in [4.69, 9.17) is 11.6 Å². The molecule has 5 nitrogen and oxygen atoms in total. The molecule has 2 amide bonds. The number of hydrogen-bond acceptors (Lipinski definition) is 3. The van der Waals surface area contributed by atoms with Gasteiger partial charge in [0.25, 0.3) is 0 Å². The van der Waals surface area contributed by atoms with Crippen LogP contribution in [0.2, 0.25) is 5.02 Å². The van der Waals surface area contributed by atoms with Gasteiger partial charge in [0.05, 0.1) is 12.0 Å². The molecule has 0 radical (unpaired) electrons. The summed E-state index contributed by atoms with van der Waals surface area (Å²) in [6.07, 6.45) is 3.24. The Balaban J connectivity index is 1.39. The van der Waals surface area contributed by atoms with Gasteiger partial charge in [0, 0.05) is 60.7 Å². The molecule has 216 valence electrons. The van der Waals surface area contributed by atoms with Crippen molar-refractivity contribution in [1.29, 1.82) is 0 Å². The van der Waals surface area contributed by atoms with Gasteiger partial charge in [-0.1, -0.05) is 36.7 Å². The van der Waals surface area contributed by atoms with Crippen molar-refractivity contribution in [3.63, 3.8) is 0 Å². The second kappa shape index (κ2) is 11.1. The first-order valence-electron chi connectivity index (χ1n) is 14.4. The molecule has 0 spiro atoms. The smallest absolute Gasteiger partial charge is 0.229 e. The summed E-state index contributed by atoms with van der Waals surface area (Å²) in [5.74, 6) is -1.92. The summed E-state index contributed by atoms with van der Waals surface area (Å²) in [5.41, 5.74) is 0.919. The first kappa shape index (κ1) is 29.0. The third-order valence-electron chi connectivity index (χ3n) is 9.18. The first-order valence-corrected chi connectivity index (χ1v) is 14.8. The lowest BCUT2D eigenvalue weighted by molar-refractivity contribution is -0.143. The van der Waals surface area contributed by atoms with Crippen LogP contribution >= 0.6 is 11.6 Å². The van der Waals surface area contributed by atoms with Gasteiger partial charge in [0.1, 0.15) is 11.6 Å². The number of benzene rings is 2. The summed E-state index contributed by atoms with van der Waals surface area (Å²) < 4.78 is 28.7. The molecule has 3 unspecified atom stereocenters. The molecule has 5 rings (SSSR count). The van der Waals surface area contributed by atoms with E-state index in [0.29, 0.717) is 43.3 Å². The summed E-state index contributed by atoms with van der Waals surface area (Å²) in [7, 11) is 0. The number of amides is 2. The summed E-state index contributed by atoms with van der Waals surface area (Å²) in [5, 5.41) is 0.659. The van der Waals surface area contributed by atoms with Crippen LogP contribution in [0.25, 0.3) is 0 Å². The zero-order chi connectivity index (χ0) is 28.8. The normalized spacial score (nSPS) is 25.4. The Morgan fingerprint density at radius 2 is 1.68 bits per heavy atom. The van der Waals surface area contributed by atoms with E-state index in [9.17, 15) is 18.4 Å². The lowest BCUT2D eigenvalue weighted by Crippen LogP contribution is -2.49. The van der Waals surface area contributed by atoms with Crippen molar-refractivity contribution in [2.45, 2.75) is 70.9 Å². The second-order valence-electron chi connectivity index (χ2n) is 13.0. The molecule has 1 saturated carbocycles. The molecule has 8 heteroatoms. The van der Waals surface area contributed by atoms with E-state index < -0.39 is 17.6 Å². The van der Waals surface area contributed by atoms with Crippen molar-refractivity contribution in [2.24, 2.45) is 11.3 Å². The van der Waals surface area contributed by atoms with Crippen molar-refractivity contribution in [1.82, 2.24) is 14.7 Å². The van der Waals surface area contributed by atoms with Gasteiger partial charge in [-0.05, 0) is 75.8 Å². The Morgan fingerprint density at radius 3 is 2.30 bits per heavy atom. The Labute approximate surface area is 241 Å². The Bertz CT molecular complexity index is 1260. The molecule has 3 atom stereocenters. The van der Waals surface area contributed by atoms with Gasteiger partial charge in [-0.15, -0.1) is 0 Å². The number of likely N-dealkylation sites (tertiary alicyclic amines) is 1. The van der Waals surface area contributed by atoms with E-state index >= 15 is 0 Å². The van der Waals surface area contributed by atoms with E-state index in [1.807, 2.05) is 41.0 Å². The highest BCUT2D eigenvalue weighted by atomic mass is 35.5. The SMILES string of the molecule is CC1(C(=O)N2CCN(C(=O)C3CN(C(C)(C)C)CC3c3ccc(F)cc3F)CCCC2c2ccc(Cl)cc2)CC1. The summed E-state index contributed by atoms with van der Waals surface area (Å²) in [4.78, 5) is 33.9. The first-order chi connectivity index (χ1) is 18.9. The largest absolute Gasteiger partial charge is 0.341 e. The predicted molar refractivity (Wildman–Crippen MR) is 153 cm³/mol. The fourth-order valence-electron chi connectivity index (χ4n) is 6.32. The second-order valence-corrected chi connectivity index (χ2v) is 13.5. The molecule has 2 saturated heterocycles. The molecule has 2 aromatic rings. The van der Waals surface area contributed by atoms with Gasteiger partial charge in [0.2, 0.25) is 11.8 Å². The number of nitrogens with zero attached hydrogens (tertiary/aromatic N) is 3. The fourth-order valence-corrected chi connectivity index (χ4v) is 6.45. The minimum absolute atomic E-state index is 0.0181. The molecule has 3 aliphatic rings. The minimum Gasteiger partial charge on any atom is -0.341 e. The topological polar surface area (TPSA) is 43.9 Å². The van der Waals surface area contributed by atoms with Crippen LogP contribution in [-0.4, -0.2) is 64.8 Å². The van der Waals surface area contributed by atoms with Crippen molar-refractivity contribution >= 4 is 23.4 Å². The van der Waals surface area contributed by atoms with Crippen LogP contribution in [0.5, 0.6) is 0 Å². The molecule has 2 aromatic carbocycles. The number of carbonyl (C=O) groups is 2. The predicted octanol–water partition coefficient (Wildman–Crippen LogP) is 6.42. The van der Waals surface area contributed by atoms with Gasteiger partial charge in [0.15, 0.2) is 0 Å². The maximum absolute atomic E-state index is 15.0. The van der Waals surface area contributed by atoms with Crippen molar-refractivity contribution in [3.05, 3.63) is 70.2 Å². The number of hydrogen-bond donors (Lipinski definition) is 0. The van der Waals surface area contributed by atoms with Crippen molar-refractivity contribution < 1.29 is 18.4 Å². The summed E-state index contributed by atoms with van der Waals surface area (Å²) in [6.45, 7) is 10.8. The Kier molecular flexibility index (Phi) is 8.01. The maximum atomic E-state index is 15.0. The van der Waals surface area contributed by atoms with E-state index in [-0.39, 0.29) is 34.7 Å². The van der Waals surface area contributed by atoms with Crippen LogP contribution in [0, 0.1) is 23.0 Å². The zero-order valence-corrected chi connectivity index (χ0v) is 24.7. The van der Waals surface area contributed by atoms with E-state index in [0.717, 1.165) is 37.3 Å². The van der Waals surface area contributed by atoms with Crippen LogP contribution in [0.1, 0.15) is 76.5 Å². The molecular weight excluding hydrogens is 532 g/mol. The van der Waals surface area contributed by atoms with Crippen LogP contribution in [-0.2, 0) is 9.59 Å². The highest BCUT2D eigenvalue weighted by Gasteiger charge is 2.49. The third-order valence-corrected chi connectivity index (χ3v) is 9.44. The quantitative estimate of drug-likeness (QED) is 0.425. The van der Waals surface area contributed by atoms with Crippen LogP contribution in [0.3, 0.4) is 0 Å². The highest BCUT2D eigenvalue weighted by Crippen LogP contribution is 2.48. The minimum atomic E-state index is -0.622. The van der Waals surface area contributed by atoms with Crippen molar-refractivity contribution in [2.75, 3.05) is 32.7 Å². The molecule has 0 N–H and O–H groups in total. The van der Waals surface area contributed by atoms with Crippen LogP contribution in [0.4, 0.5) is 8.78 Å². The average molecular weight is 572 g/mol. The van der Waals surface area contributed by atoms with E-state index in [2.05, 4.69) is 25.7 Å². The van der Waals surface area contributed by atoms with Crippen LogP contribution < -0.4 is 0 Å². The van der Waals surface area contributed by atoms with Gasteiger partial charge < -0.3 is 9.80 Å². The van der Waals surface area contributed by atoms with Crippen LogP contribution in [0.15, 0.2) is 42.5 Å². The fraction of sp³-hybridized carbons (Fsp3) is 0.562.